The molecule has 1 aliphatic heterocycles. The lowest BCUT2D eigenvalue weighted by Gasteiger charge is -2.36. The molecule has 0 radical (unpaired) electrons. The molecule has 8 nitrogen and oxygen atoms in total. The molecule has 0 aliphatic carbocycles. The van der Waals surface area contributed by atoms with Crippen molar-refractivity contribution in [2.75, 3.05) is 58.5 Å². The number of aryl methyl sites for hydroxylation is 1. The van der Waals surface area contributed by atoms with E-state index >= 15 is 0 Å². The van der Waals surface area contributed by atoms with Gasteiger partial charge in [-0.2, -0.15) is 4.37 Å². The van der Waals surface area contributed by atoms with Crippen LogP contribution in [0.25, 0.3) is 0 Å². The third kappa shape index (κ3) is 6.95. The van der Waals surface area contributed by atoms with Crippen LogP contribution in [0.3, 0.4) is 0 Å². The van der Waals surface area contributed by atoms with Gasteiger partial charge in [-0.3, -0.25) is 4.99 Å². The highest BCUT2D eigenvalue weighted by molar-refractivity contribution is 14.0. The Morgan fingerprint density at radius 1 is 1.17 bits per heavy atom. The monoisotopic (exact) mass is 546 g/mol. The van der Waals surface area contributed by atoms with Crippen molar-refractivity contribution < 1.29 is 9.47 Å². The Bertz CT molecular complexity index is 778. The van der Waals surface area contributed by atoms with Gasteiger partial charge in [-0.05, 0) is 17.7 Å². The van der Waals surface area contributed by atoms with E-state index in [4.69, 9.17) is 9.47 Å². The molecule has 3 rings (SSSR count). The van der Waals surface area contributed by atoms with Gasteiger partial charge in [-0.1, -0.05) is 19.1 Å². The standard InChI is InChI=1S/C20H30N6O2S.HI/c1-4-18-23-20(29-24-18)26-11-9-25(10-12-26)19(21-2)22-15-16-5-7-17(8-6-16)28-14-13-27-3;/h5-8H,4,9-15H2,1-3H3,(H,21,22);1H. The molecule has 1 N–H and O–H groups in total. The average Bonchev–Trinajstić information content (AvgIpc) is 3.25. The number of nitrogens with zero attached hydrogens (tertiary/aromatic N) is 5. The van der Waals surface area contributed by atoms with E-state index in [2.05, 4.69) is 48.5 Å². The average molecular weight is 546 g/mol. The van der Waals surface area contributed by atoms with Crippen LogP contribution in [0.1, 0.15) is 18.3 Å². The van der Waals surface area contributed by atoms with Crippen molar-refractivity contribution in [2.45, 2.75) is 19.9 Å². The second-order valence-electron chi connectivity index (χ2n) is 6.71. The van der Waals surface area contributed by atoms with E-state index in [0.717, 1.165) is 61.8 Å². The van der Waals surface area contributed by atoms with Gasteiger partial charge in [0.15, 0.2) is 5.96 Å². The quantitative estimate of drug-likeness (QED) is 0.236. The second kappa shape index (κ2) is 12.9. The number of ether oxygens (including phenoxy) is 2. The lowest BCUT2D eigenvalue weighted by molar-refractivity contribution is 0.146. The molecule has 1 fully saturated rings. The fourth-order valence-electron chi connectivity index (χ4n) is 3.09. The number of aromatic nitrogens is 2. The number of guanidine groups is 1. The van der Waals surface area contributed by atoms with Crippen LogP contribution in [0.4, 0.5) is 5.13 Å². The number of halogens is 1. The molecule has 2 heterocycles. The van der Waals surface area contributed by atoms with Crippen molar-refractivity contribution in [1.82, 2.24) is 19.6 Å². The first kappa shape index (κ1) is 24.6. The van der Waals surface area contributed by atoms with Crippen molar-refractivity contribution in [3.05, 3.63) is 35.7 Å². The Kier molecular flexibility index (Phi) is 10.6. The number of nitrogens with one attached hydrogen (secondary N) is 1. The van der Waals surface area contributed by atoms with Crippen LogP contribution >= 0.6 is 35.5 Å². The van der Waals surface area contributed by atoms with Crippen LogP contribution in [0.2, 0.25) is 0 Å². The highest BCUT2D eigenvalue weighted by atomic mass is 127. The number of hydrogen-bond acceptors (Lipinski definition) is 7. The Hall–Kier alpha value is -1.66. The number of methoxy groups -OCH3 is 1. The third-order valence-corrected chi connectivity index (χ3v) is 5.58. The third-order valence-electron chi connectivity index (χ3n) is 4.77. The number of rotatable bonds is 8. The SMILES string of the molecule is CCc1nsc(N2CCN(C(=NC)NCc3ccc(OCCOC)cc3)CC2)n1.I. The van der Waals surface area contributed by atoms with Gasteiger partial charge >= 0.3 is 0 Å². The summed E-state index contributed by atoms with van der Waals surface area (Å²) in [6.45, 7) is 7.62. The molecule has 0 saturated carbocycles. The summed E-state index contributed by atoms with van der Waals surface area (Å²) in [5.74, 6) is 2.71. The number of benzene rings is 1. The molecule has 0 unspecified atom stereocenters. The molecule has 1 aromatic heterocycles. The number of hydrogen-bond donors (Lipinski definition) is 1. The Labute approximate surface area is 199 Å². The zero-order chi connectivity index (χ0) is 20.5. The van der Waals surface area contributed by atoms with E-state index in [1.807, 2.05) is 19.2 Å². The summed E-state index contributed by atoms with van der Waals surface area (Å²) in [6, 6.07) is 8.11. The molecule has 1 saturated heterocycles. The number of aliphatic imine (C=N–C) groups is 1. The van der Waals surface area contributed by atoms with Crippen molar-refractivity contribution in [3.8, 4) is 5.75 Å². The summed E-state index contributed by atoms with van der Waals surface area (Å²) < 4.78 is 15.0. The lowest BCUT2D eigenvalue weighted by Crippen LogP contribution is -2.52. The van der Waals surface area contributed by atoms with Gasteiger partial charge in [0.05, 0.1) is 6.61 Å². The summed E-state index contributed by atoms with van der Waals surface area (Å²) in [7, 11) is 3.50. The fraction of sp³-hybridized carbons (Fsp3) is 0.550. The van der Waals surface area contributed by atoms with Crippen LogP contribution in [-0.2, 0) is 17.7 Å². The first-order valence-electron chi connectivity index (χ1n) is 9.97. The molecule has 0 amide bonds. The first-order valence-corrected chi connectivity index (χ1v) is 10.7. The smallest absolute Gasteiger partial charge is 0.205 e. The summed E-state index contributed by atoms with van der Waals surface area (Å²) in [5, 5.41) is 4.49. The van der Waals surface area contributed by atoms with Gasteiger partial charge in [0, 0.05) is 64.8 Å². The van der Waals surface area contributed by atoms with E-state index in [1.54, 1.807) is 7.11 Å². The lowest BCUT2D eigenvalue weighted by atomic mass is 10.2. The van der Waals surface area contributed by atoms with E-state index < -0.39 is 0 Å². The fourth-order valence-corrected chi connectivity index (χ4v) is 3.89. The molecule has 1 aliphatic rings. The van der Waals surface area contributed by atoms with Gasteiger partial charge in [-0.15, -0.1) is 24.0 Å². The summed E-state index contributed by atoms with van der Waals surface area (Å²) in [4.78, 5) is 13.7. The van der Waals surface area contributed by atoms with Gasteiger partial charge < -0.3 is 24.6 Å². The summed E-state index contributed by atoms with van der Waals surface area (Å²) >= 11 is 1.49. The summed E-state index contributed by atoms with van der Waals surface area (Å²) in [6.07, 6.45) is 0.882. The molecule has 0 bridgehead atoms. The van der Waals surface area contributed by atoms with E-state index in [9.17, 15) is 0 Å². The van der Waals surface area contributed by atoms with Crippen molar-refractivity contribution in [3.63, 3.8) is 0 Å². The van der Waals surface area contributed by atoms with Gasteiger partial charge in [0.25, 0.3) is 0 Å². The van der Waals surface area contributed by atoms with Gasteiger partial charge in [0.2, 0.25) is 5.13 Å². The number of piperazine rings is 1. The maximum Gasteiger partial charge on any atom is 0.205 e. The van der Waals surface area contributed by atoms with Crippen LogP contribution in [0, 0.1) is 0 Å². The predicted molar refractivity (Wildman–Crippen MR) is 132 cm³/mol. The minimum Gasteiger partial charge on any atom is -0.491 e. The van der Waals surface area contributed by atoms with Crippen molar-refractivity contribution in [2.24, 2.45) is 4.99 Å². The largest absolute Gasteiger partial charge is 0.491 e. The molecule has 2 aromatic rings. The van der Waals surface area contributed by atoms with Crippen molar-refractivity contribution >= 4 is 46.6 Å². The van der Waals surface area contributed by atoms with Crippen molar-refractivity contribution in [1.29, 1.82) is 0 Å². The molecule has 166 valence electrons. The zero-order valence-electron chi connectivity index (χ0n) is 17.8. The topological polar surface area (TPSA) is 75.1 Å². The van der Waals surface area contributed by atoms with Crippen LogP contribution in [-0.4, -0.2) is 73.8 Å². The van der Waals surface area contributed by atoms with E-state index in [-0.39, 0.29) is 24.0 Å². The molecule has 30 heavy (non-hydrogen) atoms. The molecule has 0 spiro atoms. The first-order chi connectivity index (χ1) is 14.2. The Morgan fingerprint density at radius 2 is 1.90 bits per heavy atom. The van der Waals surface area contributed by atoms with Crippen LogP contribution in [0.5, 0.6) is 5.75 Å². The van der Waals surface area contributed by atoms with Crippen LogP contribution < -0.4 is 15.0 Å². The summed E-state index contributed by atoms with van der Waals surface area (Å²) in [5.41, 5.74) is 1.19. The molecular weight excluding hydrogens is 515 g/mol. The Morgan fingerprint density at radius 3 is 2.50 bits per heavy atom. The minimum atomic E-state index is 0. The molecule has 10 heteroatoms. The Balaban J connectivity index is 0.00000320. The number of anilines is 1. The van der Waals surface area contributed by atoms with E-state index in [0.29, 0.717) is 13.2 Å². The van der Waals surface area contributed by atoms with Gasteiger partial charge in [-0.25, -0.2) is 4.98 Å². The minimum absolute atomic E-state index is 0. The normalized spacial score (nSPS) is 14.4. The molecule has 1 aromatic carbocycles. The molecular formula is C20H31IN6O2S. The second-order valence-corrected chi connectivity index (χ2v) is 7.44. The van der Waals surface area contributed by atoms with Gasteiger partial charge in [0.1, 0.15) is 18.2 Å². The zero-order valence-corrected chi connectivity index (χ0v) is 21.0. The van der Waals surface area contributed by atoms with E-state index in [1.165, 1.54) is 17.1 Å². The maximum absolute atomic E-state index is 5.61. The predicted octanol–water partition coefficient (Wildman–Crippen LogP) is 2.64. The highest BCUT2D eigenvalue weighted by Gasteiger charge is 2.21. The molecule has 0 atom stereocenters. The maximum atomic E-state index is 5.61. The highest BCUT2D eigenvalue weighted by Crippen LogP contribution is 2.19. The van der Waals surface area contributed by atoms with Crippen LogP contribution in [0.15, 0.2) is 29.3 Å².